The lowest BCUT2D eigenvalue weighted by Gasteiger charge is -2.09. The van der Waals surface area contributed by atoms with Gasteiger partial charge in [-0.2, -0.15) is 9.61 Å². The Kier molecular flexibility index (Phi) is 5.84. The lowest BCUT2D eigenvalue weighted by atomic mass is 10.1. The molecule has 29 heavy (non-hydrogen) atoms. The second-order valence-corrected chi connectivity index (χ2v) is 8.49. The van der Waals surface area contributed by atoms with Gasteiger partial charge in [0, 0.05) is 20.7 Å². The number of fused-ring (bicyclic) bond motifs is 1. The zero-order chi connectivity index (χ0) is 20.4. The number of rotatable bonds is 5. The van der Waals surface area contributed by atoms with Gasteiger partial charge in [0.05, 0.1) is 11.4 Å². The van der Waals surface area contributed by atoms with Crippen molar-refractivity contribution in [1.29, 1.82) is 0 Å². The Bertz CT molecular complexity index is 1200. The molecule has 0 fully saturated rings. The highest BCUT2D eigenvalue weighted by atomic mass is 79.9. The third-order valence-corrected chi connectivity index (χ3v) is 6.11. The lowest BCUT2D eigenvalue weighted by molar-refractivity contribution is -0.113. The van der Waals surface area contributed by atoms with E-state index in [4.69, 9.17) is 11.6 Å². The molecular formula is C20H15BrClN5OS. The normalized spacial score (nSPS) is 11.0. The fourth-order valence-electron chi connectivity index (χ4n) is 2.69. The van der Waals surface area contributed by atoms with Crippen molar-refractivity contribution in [3.8, 4) is 11.3 Å². The summed E-state index contributed by atoms with van der Waals surface area (Å²) >= 11 is 10.8. The van der Waals surface area contributed by atoms with Crippen LogP contribution in [0, 0.1) is 6.92 Å². The summed E-state index contributed by atoms with van der Waals surface area (Å²) in [6, 6.07) is 17.1. The van der Waals surface area contributed by atoms with Gasteiger partial charge in [-0.05, 0) is 48.9 Å². The van der Waals surface area contributed by atoms with Crippen molar-refractivity contribution in [2.45, 2.75) is 12.1 Å². The molecular weight excluding hydrogens is 474 g/mol. The van der Waals surface area contributed by atoms with Crippen molar-refractivity contribution in [2.75, 3.05) is 11.1 Å². The highest BCUT2D eigenvalue weighted by molar-refractivity contribution is 9.10. The maximum absolute atomic E-state index is 12.4. The minimum Gasteiger partial charge on any atom is -0.325 e. The van der Waals surface area contributed by atoms with E-state index in [9.17, 15) is 4.79 Å². The van der Waals surface area contributed by atoms with Gasteiger partial charge in [0.2, 0.25) is 11.1 Å². The molecule has 2 aromatic carbocycles. The average molecular weight is 489 g/mol. The van der Waals surface area contributed by atoms with Gasteiger partial charge >= 0.3 is 0 Å². The number of carbonyl (C=O) groups is 1. The molecule has 0 spiro atoms. The van der Waals surface area contributed by atoms with Gasteiger partial charge in [0.15, 0.2) is 5.65 Å². The zero-order valence-electron chi connectivity index (χ0n) is 15.3. The molecule has 0 aliphatic rings. The number of benzene rings is 2. The van der Waals surface area contributed by atoms with Crippen LogP contribution in [0.1, 0.15) is 5.56 Å². The van der Waals surface area contributed by atoms with Crippen LogP contribution < -0.4 is 5.32 Å². The molecule has 146 valence electrons. The van der Waals surface area contributed by atoms with Crippen LogP contribution in [0.2, 0.25) is 5.02 Å². The van der Waals surface area contributed by atoms with E-state index in [0.717, 1.165) is 21.3 Å². The van der Waals surface area contributed by atoms with Crippen LogP contribution in [0.3, 0.4) is 0 Å². The molecule has 4 rings (SSSR count). The molecule has 2 heterocycles. The van der Waals surface area contributed by atoms with Gasteiger partial charge in [-0.25, -0.2) is 0 Å². The van der Waals surface area contributed by atoms with E-state index in [1.54, 1.807) is 16.6 Å². The smallest absolute Gasteiger partial charge is 0.234 e. The van der Waals surface area contributed by atoms with Crippen molar-refractivity contribution in [1.82, 2.24) is 19.8 Å². The molecule has 0 aliphatic heterocycles. The van der Waals surface area contributed by atoms with E-state index < -0.39 is 0 Å². The fourth-order valence-corrected chi connectivity index (χ4v) is 3.82. The number of nitrogens with one attached hydrogen (secondary N) is 1. The van der Waals surface area contributed by atoms with Gasteiger partial charge in [0.25, 0.3) is 0 Å². The molecule has 1 amide bonds. The van der Waals surface area contributed by atoms with E-state index in [1.165, 1.54) is 11.8 Å². The Morgan fingerprint density at radius 2 is 1.93 bits per heavy atom. The molecule has 1 N–H and O–H groups in total. The number of hydrogen-bond donors (Lipinski definition) is 1. The highest BCUT2D eigenvalue weighted by Crippen LogP contribution is 2.24. The van der Waals surface area contributed by atoms with Crippen LogP contribution in [0.15, 0.2) is 64.2 Å². The number of anilines is 1. The molecule has 0 saturated carbocycles. The minimum absolute atomic E-state index is 0.152. The Hall–Kier alpha value is -2.42. The number of halogens is 2. The van der Waals surface area contributed by atoms with E-state index in [-0.39, 0.29) is 11.7 Å². The Balaban J connectivity index is 1.50. The van der Waals surface area contributed by atoms with Crippen molar-refractivity contribution < 1.29 is 4.79 Å². The Morgan fingerprint density at radius 1 is 1.14 bits per heavy atom. The predicted molar refractivity (Wildman–Crippen MR) is 119 cm³/mol. The van der Waals surface area contributed by atoms with Gasteiger partial charge in [-0.15, -0.1) is 10.2 Å². The van der Waals surface area contributed by atoms with Gasteiger partial charge in [-0.3, -0.25) is 4.79 Å². The number of aromatic nitrogens is 4. The second-order valence-electron chi connectivity index (χ2n) is 6.23. The van der Waals surface area contributed by atoms with Crippen LogP contribution in [-0.4, -0.2) is 31.5 Å². The summed E-state index contributed by atoms with van der Waals surface area (Å²) in [4.78, 5) is 12.4. The van der Waals surface area contributed by atoms with Crippen LogP contribution in [0.25, 0.3) is 16.9 Å². The van der Waals surface area contributed by atoms with E-state index in [0.29, 0.717) is 21.5 Å². The third kappa shape index (κ3) is 4.44. The molecule has 0 atom stereocenters. The van der Waals surface area contributed by atoms with Gasteiger partial charge < -0.3 is 5.32 Å². The summed E-state index contributed by atoms with van der Waals surface area (Å²) < 4.78 is 2.66. The Labute approximate surface area is 184 Å². The number of carbonyl (C=O) groups excluding carboxylic acids is 1. The standard InChI is InChI=1S/C20H15BrClN5OS/c1-12-15(22)3-2-4-16(12)23-19(28)11-29-20-25-24-18-10-9-17(26-27(18)20)13-5-7-14(21)8-6-13/h2-10H,11H2,1H3,(H,23,28). The fraction of sp³-hybridized carbons (Fsp3) is 0.100. The molecule has 2 aromatic heterocycles. The Morgan fingerprint density at radius 3 is 2.72 bits per heavy atom. The monoisotopic (exact) mass is 487 g/mol. The molecule has 0 aliphatic carbocycles. The third-order valence-electron chi connectivity index (χ3n) is 4.25. The topological polar surface area (TPSA) is 72.2 Å². The summed E-state index contributed by atoms with van der Waals surface area (Å²) in [7, 11) is 0. The largest absolute Gasteiger partial charge is 0.325 e. The summed E-state index contributed by atoms with van der Waals surface area (Å²) in [5, 5.41) is 17.0. The lowest BCUT2D eigenvalue weighted by Crippen LogP contribution is -2.15. The summed E-state index contributed by atoms with van der Waals surface area (Å²) in [6.45, 7) is 1.87. The highest BCUT2D eigenvalue weighted by Gasteiger charge is 2.13. The first-order valence-electron chi connectivity index (χ1n) is 8.67. The molecule has 9 heteroatoms. The summed E-state index contributed by atoms with van der Waals surface area (Å²) in [5.41, 5.74) is 3.94. The van der Waals surface area contributed by atoms with Crippen LogP contribution in [-0.2, 0) is 4.79 Å². The molecule has 0 bridgehead atoms. The van der Waals surface area contributed by atoms with Crippen molar-refractivity contribution >= 4 is 56.5 Å². The van der Waals surface area contributed by atoms with Crippen molar-refractivity contribution in [3.63, 3.8) is 0 Å². The first-order valence-corrected chi connectivity index (χ1v) is 10.8. The zero-order valence-corrected chi connectivity index (χ0v) is 18.4. The predicted octanol–water partition coefficient (Wildman–Crippen LogP) is 5.25. The average Bonchev–Trinajstić information content (AvgIpc) is 3.13. The summed E-state index contributed by atoms with van der Waals surface area (Å²) in [6.07, 6.45) is 0. The maximum Gasteiger partial charge on any atom is 0.234 e. The van der Waals surface area contributed by atoms with Gasteiger partial charge in [-0.1, -0.05) is 57.5 Å². The van der Waals surface area contributed by atoms with E-state index in [2.05, 4.69) is 36.5 Å². The molecule has 4 aromatic rings. The quantitative estimate of drug-likeness (QED) is 0.389. The molecule has 0 saturated heterocycles. The first kappa shape index (κ1) is 19.9. The van der Waals surface area contributed by atoms with Crippen LogP contribution >= 0.6 is 39.3 Å². The molecule has 0 unspecified atom stereocenters. The van der Waals surface area contributed by atoms with Gasteiger partial charge in [0.1, 0.15) is 0 Å². The number of amides is 1. The number of hydrogen-bond acceptors (Lipinski definition) is 5. The van der Waals surface area contributed by atoms with Crippen LogP contribution in [0.4, 0.5) is 5.69 Å². The van der Waals surface area contributed by atoms with Crippen molar-refractivity contribution in [3.05, 3.63) is 69.7 Å². The molecule has 6 nitrogen and oxygen atoms in total. The number of thioether (sulfide) groups is 1. The summed E-state index contributed by atoms with van der Waals surface area (Å²) in [5.74, 6) is 0.0258. The number of nitrogens with zero attached hydrogens (tertiary/aromatic N) is 4. The SMILES string of the molecule is Cc1c(Cl)cccc1NC(=O)CSc1nnc2ccc(-c3ccc(Br)cc3)nn12. The van der Waals surface area contributed by atoms with Crippen LogP contribution in [0.5, 0.6) is 0 Å². The second kappa shape index (κ2) is 8.52. The first-order chi connectivity index (χ1) is 14.0. The minimum atomic E-state index is -0.152. The van der Waals surface area contributed by atoms with Crippen molar-refractivity contribution in [2.24, 2.45) is 0 Å². The maximum atomic E-state index is 12.4. The van der Waals surface area contributed by atoms with E-state index in [1.807, 2.05) is 49.4 Å². The molecule has 0 radical (unpaired) electrons. The van der Waals surface area contributed by atoms with E-state index >= 15 is 0 Å².